The highest BCUT2D eigenvalue weighted by Crippen LogP contribution is 2.32. The fourth-order valence-electron chi connectivity index (χ4n) is 3.66. The van der Waals surface area contributed by atoms with Crippen molar-refractivity contribution < 1.29 is 0 Å². The van der Waals surface area contributed by atoms with Crippen molar-refractivity contribution in [2.75, 3.05) is 19.6 Å². The van der Waals surface area contributed by atoms with E-state index in [1.54, 1.807) is 0 Å². The summed E-state index contributed by atoms with van der Waals surface area (Å²) in [4.78, 5) is 6.84. The Morgan fingerprint density at radius 1 is 1.32 bits per heavy atom. The summed E-state index contributed by atoms with van der Waals surface area (Å²) in [5.74, 6) is 0. The van der Waals surface area contributed by atoms with E-state index >= 15 is 0 Å². The summed E-state index contributed by atoms with van der Waals surface area (Å²) in [6.45, 7) is 6.87. The SMILES string of the molecule is Cc1cnccc1CN1CCCNC2(CCCC2)C1. The molecule has 1 aliphatic carbocycles. The monoisotopic (exact) mass is 259 g/mol. The summed E-state index contributed by atoms with van der Waals surface area (Å²) < 4.78 is 0. The molecule has 0 atom stereocenters. The van der Waals surface area contributed by atoms with Gasteiger partial charge in [-0.05, 0) is 56.5 Å². The molecule has 0 aromatic carbocycles. The molecular formula is C16H25N3. The average Bonchev–Trinajstić information content (AvgIpc) is 2.76. The molecule has 104 valence electrons. The minimum absolute atomic E-state index is 0.414. The molecule has 0 unspecified atom stereocenters. The Morgan fingerprint density at radius 3 is 2.95 bits per heavy atom. The maximum absolute atomic E-state index is 4.20. The number of nitrogens with zero attached hydrogens (tertiary/aromatic N) is 2. The van der Waals surface area contributed by atoms with Gasteiger partial charge in [-0.15, -0.1) is 0 Å². The van der Waals surface area contributed by atoms with Crippen molar-refractivity contribution in [2.45, 2.75) is 51.1 Å². The van der Waals surface area contributed by atoms with E-state index in [-0.39, 0.29) is 0 Å². The number of aryl methyl sites for hydroxylation is 1. The lowest BCUT2D eigenvalue weighted by atomic mass is 9.97. The van der Waals surface area contributed by atoms with Crippen LogP contribution in [0.2, 0.25) is 0 Å². The molecule has 3 heteroatoms. The van der Waals surface area contributed by atoms with Crippen LogP contribution in [0.4, 0.5) is 0 Å². The number of hydrogen-bond donors (Lipinski definition) is 1. The highest BCUT2D eigenvalue weighted by Gasteiger charge is 2.36. The Balaban J connectivity index is 1.71. The lowest BCUT2D eigenvalue weighted by Crippen LogP contribution is -2.49. The van der Waals surface area contributed by atoms with Crippen LogP contribution in [-0.4, -0.2) is 35.1 Å². The van der Waals surface area contributed by atoms with Crippen LogP contribution >= 0.6 is 0 Å². The molecule has 3 nitrogen and oxygen atoms in total. The molecule has 0 amide bonds. The highest BCUT2D eigenvalue weighted by molar-refractivity contribution is 5.21. The predicted molar refractivity (Wildman–Crippen MR) is 78.1 cm³/mol. The second kappa shape index (κ2) is 5.59. The second-order valence-corrected chi connectivity index (χ2v) is 6.28. The Morgan fingerprint density at radius 2 is 2.16 bits per heavy atom. The zero-order chi connectivity index (χ0) is 13.1. The lowest BCUT2D eigenvalue weighted by Gasteiger charge is -2.33. The van der Waals surface area contributed by atoms with Crippen molar-refractivity contribution in [1.82, 2.24) is 15.2 Å². The first-order valence-corrected chi connectivity index (χ1v) is 7.64. The molecule has 2 aliphatic rings. The third kappa shape index (κ3) is 2.98. The van der Waals surface area contributed by atoms with Crippen LogP contribution in [0, 0.1) is 6.92 Å². The Kier molecular flexibility index (Phi) is 3.85. The third-order valence-electron chi connectivity index (χ3n) is 4.77. The minimum Gasteiger partial charge on any atom is -0.310 e. The summed E-state index contributed by atoms with van der Waals surface area (Å²) in [7, 11) is 0. The molecular weight excluding hydrogens is 234 g/mol. The first-order chi connectivity index (χ1) is 9.27. The summed E-state index contributed by atoms with van der Waals surface area (Å²) >= 11 is 0. The molecule has 1 N–H and O–H groups in total. The molecule has 1 saturated carbocycles. The number of rotatable bonds is 2. The van der Waals surface area contributed by atoms with Gasteiger partial charge in [0.2, 0.25) is 0 Å². The van der Waals surface area contributed by atoms with E-state index in [1.165, 1.54) is 62.9 Å². The molecule has 1 aromatic heterocycles. The van der Waals surface area contributed by atoms with Gasteiger partial charge in [0, 0.05) is 31.0 Å². The van der Waals surface area contributed by atoms with E-state index in [9.17, 15) is 0 Å². The fourth-order valence-corrected chi connectivity index (χ4v) is 3.66. The van der Waals surface area contributed by atoms with Crippen LogP contribution in [0.3, 0.4) is 0 Å². The van der Waals surface area contributed by atoms with Gasteiger partial charge in [0.15, 0.2) is 0 Å². The quantitative estimate of drug-likeness (QED) is 0.884. The molecule has 2 heterocycles. The lowest BCUT2D eigenvalue weighted by molar-refractivity contribution is 0.203. The van der Waals surface area contributed by atoms with E-state index in [0.29, 0.717) is 5.54 Å². The van der Waals surface area contributed by atoms with Gasteiger partial charge in [-0.3, -0.25) is 9.88 Å². The van der Waals surface area contributed by atoms with Crippen LogP contribution in [0.15, 0.2) is 18.5 Å². The van der Waals surface area contributed by atoms with Gasteiger partial charge in [-0.2, -0.15) is 0 Å². The average molecular weight is 259 g/mol. The first-order valence-electron chi connectivity index (χ1n) is 7.64. The molecule has 1 spiro atoms. The van der Waals surface area contributed by atoms with Crippen LogP contribution in [0.5, 0.6) is 0 Å². The molecule has 2 fully saturated rings. The standard InChI is InChI=1S/C16H25N3/c1-14-11-17-9-5-15(14)12-19-10-4-8-18-16(13-19)6-2-3-7-16/h5,9,11,18H,2-4,6-8,10,12-13H2,1H3. The van der Waals surface area contributed by atoms with Crippen molar-refractivity contribution in [3.63, 3.8) is 0 Å². The maximum atomic E-state index is 4.20. The van der Waals surface area contributed by atoms with Crippen LogP contribution in [0.25, 0.3) is 0 Å². The predicted octanol–water partition coefficient (Wildman–Crippen LogP) is 2.50. The van der Waals surface area contributed by atoms with Crippen LogP contribution in [0.1, 0.15) is 43.2 Å². The van der Waals surface area contributed by atoms with Crippen LogP contribution < -0.4 is 5.32 Å². The number of nitrogens with one attached hydrogen (secondary N) is 1. The van der Waals surface area contributed by atoms with Crippen molar-refractivity contribution in [3.8, 4) is 0 Å². The van der Waals surface area contributed by atoms with E-state index in [2.05, 4.69) is 28.2 Å². The second-order valence-electron chi connectivity index (χ2n) is 6.28. The third-order valence-corrected chi connectivity index (χ3v) is 4.77. The molecule has 1 saturated heterocycles. The first kappa shape index (κ1) is 13.1. The van der Waals surface area contributed by atoms with Crippen molar-refractivity contribution in [1.29, 1.82) is 0 Å². The Labute approximate surface area is 116 Å². The van der Waals surface area contributed by atoms with Gasteiger partial charge >= 0.3 is 0 Å². The normalized spacial score (nSPS) is 23.6. The Hall–Kier alpha value is -0.930. The summed E-state index contributed by atoms with van der Waals surface area (Å²) in [5.41, 5.74) is 3.17. The number of aromatic nitrogens is 1. The molecule has 1 aromatic rings. The van der Waals surface area contributed by atoms with Crippen molar-refractivity contribution >= 4 is 0 Å². The highest BCUT2D eigenvalue weighted by atomic mass is 15.2. The number of pyridine rings is 1. The van der Waals surface area contributed by atoms with Gasteiger partial charge in [-0.25, -0.2) is 0 Å². The topological polar surface area (TPSA) is 28.2 Å². The zero-order valence-corrected chi connectivity index (χ0v) is 12.0. The van der Waals surface area contributed by atoms with Gasteiger partial charge < -0.3 is 5.32 Å². The van der Waals surface area contributed by atoms with Crippen LogP contribution in [-0.2, 0) is 6.54 Å². The van der Waals surface area contributed by atoms with Crippen molar-refractivity contribution in [2.24, 2.45) is 0 Å². The van der Waals surface area contributed by atoms with Crippen molar-refractivity contribution in [3.05, 3.63) is 29.6 Å². The molecule has 1 aliphatic heterocycles. The molecule has 0 radical (unpaired) electrons. The Bertz CT molecular complexity index is 424. The summed E-state index contributed by atoms with van der Waals surface area (Å²) in [6.07, 6.45) is 10.7. The summed E-state index contributed by atoms with van der Waals surface area (Å²) in [6, 6.07) is 2.18. The van der Waals surface area contributed by atoms with E-state index in [1.807, 2.05) is 12.4 Å². The number of hydrogen-bond acceptors (Lipinski definition) is 3. The zero-order valence-electron chi connectivity index (χ0n) is 12.0. The fraction of sp³-hybridized carbons (Fsp3) is 0.688. The summed E-state index contributed by atoms with van der Waals surface area (Å²) in [5, 5.41) is 3.83. The maximum Gasteiger partial charge on any atom is 0.0308 e. The smallest absolute Gasteiger partial charge is 0.0308 e. The van der Waals surface area contributed by atoms with Gasteiger partial charge in [-0.1, -0.05) is 12.8 Å². The van der Waals surface area contributed by atoms with E-state index in [0.717, 1.165) is 6.54 Å². The van der Waals surface area contributed by atoms with Gasteiger partial charge in [0.05, 0.1) is 0 Å². The molecule has 19 heavy (non-hydrogen) atoms. The minimum atomic E-state index is 0.414. The van der Waals surface area contributed by atoms with E-state index in [4.69, 9.17) is 0 Å². The van der Waals surface area contributed by atoms with Gasteiger partial charge in [0.25, 0.3) is 0 Å². The molecule has 3 rings (SSSR count). The molecule has 0 bridgehead atoms. The van der Waals surface area contributed by atoms with E-state index < -0.39 is 0 Å². The van der Waals surface area contributed by atoms with Gasteiger partial charge in [0.1, 0.15) is 0 Å². The largest absolute Gasteiger partial charge is 0.310 e.